The van der Waals surface area contributed by atoms with E-state index in [1.165, 1.54) is 55.2 Å². The van der Waals surface area contributed by atoms with E-state index in [9.17, 15) is 0 Å². The first-order chi connectivity index (χ1) is 24.6. The van der Waals surface area contributed by atoms with Crippen molar-refractivity contribution in [1.29, 1.82) is 0 Å². The zero-order valence-corrected chi connectivity index (χ0v) is 28.0. The largest absolute Gasteiger partial charge is 0.309 e. The van der Waals surface area contributed by atoms with Crippen LogP contribution in [0.5, 0.6) is 0 Å². The number of rotatable bonds is 5. The van der Waals surface area contributed by atoms with Gasteiger partial charge in [-0.2, -0.15) is 4.58 Å². The van der Waals surface area contributed by atoms with Crippen LogP contribution in [0.25, 0.3) is 49.7 Å². The highest BCUT2D eigenvalue weighted by Crippen LogP contribution is 2.52. The molecule has 3 heteroatoms. The minimum atomic E-state index is -0.142. The molecule has 0 saturated heterocycles. The second-order valence-corrected chi connectivity index (χ2v) is 13.8. The van der Waals surface area contributed by atoms with E-state index in [0.29, 0.717) is 0 Å². The molecular weight excluding hydrogens is 607 g/mol. The summed E-state index contributed by atoms with van der Waals surface area (Å²) in [5.74, 6) is 1.89. The van der Waals surface area contributed by atoms with Gasteiger partial charge >= 0.3 is 0 Å². The molecule has 236 valence electrons. The molecule has 0 saturated carbocycles. The van der Waals surface area contributed by atoms with Crippen molar-refractivity contribution in [2.45, 2.75) is 19.3 Å². The summed E-state index contributed by atoms with van der Waals surface area (Å²) in [7, 11) is 0. The van der Waals surface area contributed by atoms with E-state index in [4.69, 9.17) is 4.99 Å². The van der Waals surface area contributed by atoms with Gasteiger partial charge in [0.25, 0.3) is 11.7 Å². The summed E-state index contributed by atoms with van der Waals surface area (Å²) >= 11 is 0. The predicted molar refractivity (Wildman–Crippen MR) is 207 cm³/mol. The van der Waals surface area contributed by atoms with E-state index in [1.807, 2.05) is 0 Å². The Kier molecular flexibility index (Phi) is 6.22. The molecule has 0 spiro atoms. The molecule has 1 aromatic heterocycles. The van der Waals surface area contributed by atoms with Crippen molar-refractivity contribution in [3.8, 4) is 27.9 Å². The second-order valence-electron chi connectivity index (χ2n) is 13.8. The molecule has 0 N–H and O–H groups in total. The minimum Gasteiger partial charge on any atom is -0.309 e. The fourth-order valence-electron chi connectivity index (χ4n) is 8.27. The molecule has 1 aliphatic heterocycles. The van der Waals surface area contributed by atoms with Crippen LogP contribution < -0.4 is 0 Å². The maximum Gasteiger partial charge on any atom is 0.279 e. The molecule has 0 unspecified atom stereocenters. The SMILES string of the molecule is CC1(C)c2ccccc2-c2ccc3c4ccccc4n(-c4cccc(C5=[N+](c6ccccc6)C(c6ccc(-c7ccccc7)cc6)=N5)c4)c3c21. The second kappa shape index (κ2) is 10.8. The Morgan fingerprint density at radius 1 is 0.520 bits per heavy atom. The van der Waals surface area contributed by atoms with Crippen molar-refractivity contribution in [3.63, 3.8) is 0 Å². The monoisotopic (exact) mass is 640 g/mol. The van der Waals surface area contributed by atoms with Gasteiger partial charge in [-0.05, 0) is 81.9 Å². The average Bonchev–Trinajstić information content (AvgIpc) is 3.61. The lowest BCUT2D eigenvalue weighted by Gasteiger charge is -2.24. The van der Waals surface area contributed by atoms with E-state index >= 15 is 0 Å². The molecular formula is C47H34N3+. The maximum atomic E-state index is 5.23. The van der Waals surface area contributed by atoms with Crippen molar-refractivity contribution in [3.05, 3.63) is 192 Å². The Morgan fingerprint density at radius 3 is 2.00 bits per heavy atom. The lowest BCUT2D eigenvalue weighted by molar-refractivity contribution is -0.319. The summed E-state index contributed by atoms with van der Waals surface area (Å²) in [5, 5.41) is 2.55. The van der Waals surface area contributed by atoms with Gasteiger partial charge in [0.2, 0.25) is 0 Å². The molecule has 1 aliphatic carbocycles. The van der Waals surface area contributed by atoms with Gasteiger partial charge in [0.15, 0.2) is 0 Å². The van der Waals surface area contributed by atoms with Gasteiger partial charge in [-0.15, -0.1) is 0 Å². The minimum absolute atomic E-state index is 0.142. The zero-order chi connectivity index (χ0) is 33.4. The molecule has 2 aliphatic rings. The Balaban J connectivity index is 1.14. The molecule has 3 nitrogen and oxygen atoms in total. The molecule has 0 amide bonds. The maximum absolute atomic E-state index is 5.23. The van der Waals surface area contributed by atoms with E-state index in [1.54, 1.807) is 0 Å². The number of hydrogen-bond donors (Lipinski definition) is 0. The Hall–Kier alpha value is -6.32. The van der Waals surface area contributed by atoms with E-state index in [0.717, 1.165) is 34.2 Å². The lowest BCUT2D eigenvalue weighted by Crippen LogP contribution is -2.34. The number of amidine groups is 2. The first-order valence-corrected chi connectivity index (χ1v) is 17.3. The van der Waals surface area contributed by atoms with E-state index in [2.05, 4.69) is 193 Å². The first-order valence-electron chi connectivity index (χ1n) is 17.3. The fourth-order valence-corrected chi connectivity index (χ4v) is 8.27. The summed E-state index contributed by atoms with van der Waals surface area (Å²) in [5.41, 5.74) is 14.6. The summed E-state index contributed by atoms with van der Waals surface area (Å²) in [4.78, 5) is 5.23. The number of nitrogens with zero attached hydrogens (tertiary/aromatic N) is 3. The quantitative estimate of drug-likeness (QED) is 0.167. The van der Waals surface area contributed by atoms with Gasteiger partial charge < -0.3 is 4.57 Å². The molecule has 10 rings (SSSR count). The molecule has 0 radical (unpaired) electrons. The number of aromatic nitrogens is 1. The average molecular weight is 641 g/mol. The normalized spacial score (nSPS) is 14.4. The third-order valence-electron chi connectivity index (χ3n) is 10.6. The molecule has 2 heterocycles. The third-order valence-corrected chi connectivity index (χ3v) is 10.6. The van der Waals surface area contributed by atoms with Crippen molar-refractivity contribution < 1.29 is 4.58 Å². The van der Waals surface area contributed by atoms with Gasteiger partial charge in [-0.3, -0.25) is 0 Å². The fraction of sp³-hybridized carbons (Fsp3) is 0.0638. The standard InChI is InChI=1S/C47H34N3/c1-47(2)41-22-11-9-20-37(41)39-28-29-40-38-21-10-12-23-42(38)49(44(40)43(39)47)36-19-13-16-34(30-36)46-48-45(50(46)35-17-7-4-8-18-35)33-26-24-32(25-27-33)31-14-5-3-6-15-31/h3-30H,1-2H3/q+1. The van der Waals surface area contributed by atoms with Gasteiger partial charge in [-0.25, -0.2) is 0 Å². The first kappa shape index (κ1) is 28.7. The summed E-state index contributed by atoms with van der Waals surface area (Å²) in [6, 6.07) is 61.1. The van der Waals surface area contributed by atoms with Crippen LogP contribution >= 0.6 is 0 Å². The predicted octanol–water partition coefficient (Wildman–Crippen LogP) is 11.3. The molecule has 0 fully saturated rings. The number of hydrogen-bond acceptors (Lipinski definition) is 1. The molecule has 0 bridgehead atoms. The molecule has 50 heavy (non-hydrogen) atoms. The van der Waals surface area contributed by atoms with Crippen LogP contribution in [0.1, 0.15) is 36.1 Å². The van der Waals surface area contributed by atoms with Crippen molar-refractivity contribution in [1.82, 2.24) is 4.57 Å². The number of benzene rings is 7. The van der Waals surface area contributed by atoms with Gasteiger partial charge in [0.05, 0.1) is 22.2 Å². The van der Waals surface area contributed by atoms with Crippen molar-refractivity contribution in [2.75, 3.05) is 0 Å². The topological polar surface area (TPSA) is 20.3 Å². The summed E-state index contributed by atoms with van der Waals surface area (Å²) in [6.07, 6.45) is 0. The zero-order valence-electron chi connectivity index (χ0n) is 28.0. The Labute approximate surface area is 291 Å². The van der Waals surface area contributed by atoms with Crippen LogP contribution in [0.4, 0.5) is 5.69 Å². The number of aliphatic imine (C=N–C) groups is 1. The number of fused-ring (bicyclic) bond motifs is 7. The van der Waals surface area contributed by atoms with Crippen LogP contribution in [0, 0.1) is 0 Å². The highest BCUT2D eigenvalue weighted by molar-refractivity contribution is 6.17. The highest BCUT2D eigenvalue weighted by Gasteiger charge is 2.39. The van der Waals surface area contributed by atoms with Crippen LogP contribution in [0.3, 0.4) is 0 Å². The Morgan fingerprint density at radius 2 is 1.18 bits per heavy atom. The van der Waals surface area contributed by atoms with Gasteiger partial charge in [0.1, 0.15) is 5.69 Å². The van der Waals surface area contributed by atoms with Gasteiger partial charge in [-0.1, -0.05) is 140 Å². The number of para-hydroxylation sites is 2. The van der Waals surface area contributed by atoms with Crippen LogP contribution in [-0.4, -0.2) is 20.8 Å². The lowest BCUT2D eigenvalue weighted by atomic mass is 9.81. The summed E-state index contributed by atoms with van der Waals surface area (Å²) < 4.78 is 4.78. The van der Waals surface area contributed by atoms with Crippen LogP contribution in [0.15, 0.2) is 175 Å². The smallest absolute Gasteiger partial charge is 0.279 e. The van der Waals surface area contributed by atoms with Gasteiger partial charge in [0, 0.05) is 21.9 Å². The highest BCUT2D eigenvalue weighted by atomic mass is 15.2. The molecule has 7 aromatic carbocycles. The molecule has 8 aromatic rings. The van der Waals surface area contributed by atoms with Crippen molar-refractivity contribution in [2.24, 2.45) is 4.99 Å². The summed E-state index contributed by atoms with van der Waals surface area (Å²) in [6.45, 7) is 4.75. The third kappa shape index (κ3) is 4.17. The van der Waals surface area contributed by atoms with Crippen molar-refractivity contribution >= 4 is 39.2 Å². The van der Waals surface area contributed by atoms with E-state index in [-0.39, 0.29) is 5.41 Å². The van der Waals surface area contributed by atoms with E-state index < -0.39 is 0 Å². The van der Waals surface area contributed by atoms with Crippen LogP contribution in [-0.2, 0) is 5.41 Å². The van der Waals surface area contributed by atoms with Crippen LogP contribution in [0.2, 0.25) is 0 Å². The molecule has 0 atom stereocenters. The Bertz CT molecular complexity index is 2690.